The molecule has 26 heavy (non-hydrogen) atoms. The molecule has 0 saturated carbocycles. The Morgan fingerprint density at radius 1 is 1.15 bits per heavy atom. The molecule has 0 aliphatic heterocycles. The van der Waals surface area contributed by atoms with Crippen LogP contribution in [-0.4, -0.2) is 27.6 Å². The average Bonchev–Trinajstić information content (AvgIpc) is 2.63. The summed E-state index contributed by atoms with van der Waals surface area (Å²) < 4.78 is 1.50. The molecule has 0 fully saturated rings. The first-order valence-electron chi connectivity index (χ1n) is 8.49. The first kappa shape index (κ1) is 17.6. The Balaban J connectivity index is 2.23. The van der Waals surface area contributed by atoms with Crippen molar-refractivity contribution in [3.8, 4) is 5.69 Å². The van der Waals surface area contributed by atoms with Crippen molar-refractivity contribution in [3.05, 3.63) is 68.8 Å². The Morgan fingerprint density at radius 2 is 1.88 bits per heavy atom. The lowest BCUT2D eigenvalue weighted by Crippen LogP contribution is -2.24. The van der Waals surface area contributed by atoms with Gasteiger partial charge in [-0.1, -0.05) is 6.07 Å². The maximum Gasteiger partial charge on any atom is 0.270 e. The van der Waals surface area contributed by atoms with E-state index in [1.807, 2.05) is 24.3 Å². The zero-order valence-electron chi connectivity index (χ0n) is 15.0. The monoisotopic (exact) mass is 352 g/mol. The van der Waals surface area contributed by atoms with E-state index in [-0.39, 0.29) is 16.6 Å². The minimum Gasteiger partial charge on any atom is -0.372 e. The van der Waals surface area contributed by atoms with E-state index in [0.29, 0.717) is 17.0 Å². The Kier molecular flexibility index (Phi) is 4.71. The number of hydrogen-bond acceptors (Lipinski definition) is 5. The number of fused-ring (bicyclic) bond motifs is 1. The maximum absolute atomic E-state index is 13.0. The van der Waals surface area contributed by atoms with E-state index in [0.717, 1.165) is 18.8 Å². The van der Waals surface area contributed by atoms with Gasteiger partial charge < -0.3 is 4.90 Å². The third-order valence-corrected chi connectivity index (χ3v) is 4.45. The van der Waals surface area contributed by atoms with Gasteiger partial charge in [-0.05, 0) is 45.0 Å². The highest BCUT2D eigenvalue weighted by molar-refractivity contribution is 5.80. The highest BCUT2D eigenvalue weighted by Gasteiger charge is 2.14. The number of benzene rings is 2. The molecule has 7 nitrogen and oxygen atoms in total. The topological polar surface area (TPSA) is 81.3 Å². The predicted molar refractivity (Wildman–Crippen MR) is 102 cm³/mol. The van der Waals surface area contributed by atoms with E-state index in [1.54, 1.807) is 6.92 Å². The van der Waals surface area contributed by atoms with Crippen LogP contribution < -0.4 is 10.5 Å². The fourth-order valence-electron chi connectivity index (χ4n) is 3.12. The summed E-state index contributed by atoms with van der Waals surface area (Å²) in [5.74, 6) is 0.535. The first-order chi connectivity index (χ1) is 12.5. The number of nitro benzene ring substituents is 1. The van der Waals surface area contributed by atoms with Gasteiger partial charge in [0.2, 0.25) is 0 Å². The molecule has 0 atom stereocenters. The molecule has 1 aromatic heterocycles. The van der Waals surface area contributed by atoms with E-state index in [9.17, 15) is 14.9 Å². The minimum absolute atomic E-state index is 0.122. The summed E-state index contributed by atoms with van der Waals surface area (Å²) in [5.41, 5.74) is 1.72. The number of rotatable bonds is 5. The molecule has 0 N–H and O–H groups in total. The zero-order valence-corrected chi connectivity index (χ0v) is 15.0. The Bertz CT molecular complexity index is 1040. The van der Waals surface area contributed by atoms with Crippen LogP contribution in [0.25, 0.3) is 16.6 Å². The zero-order chi connectivity index (χ0) is 18.8. The Labute approximate surface area is 150 Å². The molecule has 0 saturated heterocycles. The normalized spacial score (nSPS) is 10.9. The van der Waals surface area contributed by atoms with Crippen molar-refractivity contribution in [2.45, 2.75) is 20.8 Å². The Morgan fingerprint density at radius 3 is 2.54 bits per heavy atom. The third-order valence-electron chi connectivity index (χ3n) is 4.45. The summed E-state index contributed by atoms with van der Waals surface area (Å²) >= 11 is 0. The quantitative estimate of drug-likeness (QED) is 0.519. The first-order valence-corrected chi connectivity index (χ1v) is 8.49. The summed E-state index contributed by atoms with van der Waals surface area (Å²) in [6.45, 7) is 7.62. The third kappa shape index (κ3) is 3.03. The van der Waals surface area contributed by atoms with Crippen LogP contribution in [0.5, 0.6) is 0 Å². The summed E-state index contributed by atoms with van der Waals surface area (Å²) in [4.78, 5) is 30.2. The molecule has 0 amide bonds. The number of aryl methyl sites for hydroxylation is 1. The minimum atomic E-state index is -0.510. The highest BCUT2D eigenvalue weighted by atomic mass is 16.6. The van der Waals surface area contributed by atoms with Crippen molar-refractivity contribution in [1.82, 2.24) is 9.55 Å². The molecule has 0 spiro atoms. The molecular formula is C19H20N4O3. The van der Waals surface area contributed by atoms with Crippen LogP contribution in [0, 0.1) is 17.0 Å². The van der Waals surface area contributed by atoms with Crippen molar-refractivity contribution in [2.24, 2.45) is 0 Å². The van der Waals surface area contributed by atoms with Gasteiger partial charge in [0.15, 0.2) is 0 Å². The number of nitro groups is 1. The van der Waals surface area contributed by atoms with E-state index in [2.05, 4.69) is 23.7 Å². The van der Waals surface area contributed by atoms with E-state index in [4.69, 9.17) is 0 Å². The number of non-ortho nitro benzene ring substituents is 1. The van der Waals surface area contributed by atoms with E-state index >= 15 is 0 Å². The molecule has 0 radical (unpaired) electrons. The standard InChI is InChI=1S/C19H20N4O3/c1-4-21(5-2)14-7-6-8-15(11-14)22-13(3)20-18-10-9-16(23(25)26)12-17(18)19(22)24/h6-12H,4-5H2,1-3H3. The molecule has 3 rings (SSSR count). The van der Waals surface area contributed by atoms with Crippen LogP contribution in [0.4, 0.5) is 11.4 Å². The van der Waals surface area contributed by atoms with Crippen molar-refractivity contribution >= 4 is 22.3 Å². The molecular weight excluding hydrogens is 332 g/mol. The Hall–Kier alpha value is -3.22. The lowest BCUT2D eigenvalue weighted by Gasteiger charge is -2.22. The van der Waals surface area contributed by atoms with Crippen LogP contribution >= 0.6 is 0 Å². The fraction of sp³-hybridized carbons (Fsp3) is 0.263. The number of nitrogens with zero attached hydrogens (tertiary/aromatic N) is 4. The van der Waals surface area contributed by atoms with Crippen molar-refractivity contribution in [2.75, 3.05) is 18.0 Å². The van der Waals surface area contributed by atoms with Gasteiger partial charge in [0.1, 0.15) is 5.82 Å². The second-order valence-corrected chi connectivity index (χ2v) is 5.95. The van der Waals surface area contributed by atoms with Crippen LogP contribution in [0.15, 0.2) is 47.3 Å². The second-order valence-electron chi connectivity index (χ2n) is 5.95. The smallest absolute Gasteiger partial charge is 0.270 e. The highest BCUT2D eigenvalue weighted by Crippen LogP contribution is 2.21. The van der Waals surface area contributed by atoms with Gasteiger partial charge in [-0.2, -0.15) is 0 Å². The van der Waals surface area contributed by atoms with Gasteiger partial charge in [0, 0.05) is 30.9 Å². The number of anilines is 1. The van der Waals surface area contributed by atoms with Gasteiger partial charge in [-0.25, -0.2) is 4.98 Å². The number of aromatic nitrogens is 2. The SMILES string of the molecule is CCN(CC)c1cccc(-n2c(C)nc3ccc([N+](=O)[O-])cc3c2=O)c1. The van der Waals surface area contributed by atoms with Crippen molar-refractivity contribution < 1.29 is 4.92 Å². The van der Waals surface area contributed by atoms with E-state index < -0.39 is 4.92 Å². The lowest BCUT2D eigenvalue weighted by atomic mass is 10.2. The van der Waals surface area contributed by atoms with Crippen LogP contribution in [0.3, 0.4) is 0 Å². The molecule has 0 aliphatic rings. The van der Waals surface area contributed by atoms with Crippen LogP contribution in [0.1, 0.15) is 19.7 Å². The van der Waals surface area contributed by atoms with Gasteiger partial charge >= 0.3 is 0 Å². The largest absolute Gasteiger partial charge is 0.372 e. The summed E-state index contributed by atoms with van der Waals surface area (Å²) in [6, 6.07) is 11.8. The van der Waals surface area contributed by atoms with Crippen molar-refractivity contribution in [3.63, 3.8) is 0 Å². The second kappa shape index (κ2) is 6.95. The molecule has 0 bridgehead atoms. The summed E-state index contributed by atoms with van der Waals surface area (Å²) in [6.07, 6.45) is 0. The van der Waals surface area contributed by atoms with Crippen LogP contribution in [0.2, 0.25) is 0 Å². The molecule has 1 heterocycles. The molecule has 7 heteroatoms. The van der Waals surface area contributed by atoms with E-state index in [1.165, 1.54) is 22.8 Å². The van der Waals surface area contributed by atoms with Gasteiger partial charge in [-0.3, -0.25) is 19.5 Å². The van der Waals surface area contributed by atoms with Crippen LogP contribution in [-0.2, 0) is 0 Å². The molecule has 0 aliphatic carbocycles. The molecule has 134 valence electrons. The predicted octanol–water partition coefficient (Wildman–Crippen LogP) is 3.45. The van der Waals surface area contributed by atoms with Crippen molar-refractivity contribution in [1.29, 1.82) is 0 Å². The fourth-order valence-corrected chi connectivity index (χ4v) is 3.12. The molecule has 0 unspecified atom stereocenters. The summed E-state index contributed by atoms with van der Waals surface area (Å²) in [7, 11) is 0. The maximum atomic E-state index is 13.0. The summed E-state index contributed by atoms with van der Waals surface area (Å²) in [5, 5.41) is 11.3. The molecule has 3 aromatic rings. The van der Waals surface area contributed by atoms with Gasteiger partial charge in [0.25, 0.3) is 11.2 Å². The van der Waals surface area contributed by atoms with Gasteiger partial charge in [-0.15, -0.1) is 0 Å². The lowest BCUT2D eigenvalue weighted by molar-refractivity contribution is -0.384. The van der Waals surface area contributed by atoms with Gasteiger partial charge in [0.05, 0.1) is 21.5 Å². The molecule has 2 aromatic carbocycles. The number of hydrogen-bond donors (Lipinski definition) is 0. The average molecular weight is 352 g/mol.